The predicted octanol–water partition coefficient (Wildman–Crippen LogP) is 4.78. The second-order valence-corrected chi connectivity index (χ2v) is 9.79. The number of aryl methyl sites for hydroxylation is 1. The summed E-state index contributed by atoms with van der Waals surface area (Å²) in [6, 6.07) is 16.6. The van der Waals surface area contributed by atoms with E-state index in [2.05, 4.69) is 44.5 Å². The van der Waals surface area contributed by atoms with E-state index in [1.807, 2.05) is 48.0 Å². The van der Waals surface area contributed by atoms with Gasteiger partial charge in [0.2, 0.25) is 0 Å². The number of nitrogens with one attached hydrogen (secondary N) is 1. The number of H-pyrrole nitrogens is 1. The Morgan fingerprint density at radius 2 is 1.92 bits per heavy atom. The van der Waals surface area contributed by atoms with Crippen molar-refractivity contribution in [2.24, 2.45) is 0 Å². The van der Waals surface area contributed by atoms with Crippen molar-refractivity contribution in [3.05, 3.63) is 81.4 Å². The molecule has 36 heavy (non-hydrogen) atoms. The molecule has 1 aliphatic rings. The summed E-state index contributed by atoms with van der Waals surface area (Å²) in [4.78, 5) is 18.7. The number of tetrazole rings is 1. The van der Waals surface area contributed by atoms with Gasteiger partial charge in [0.15, 0.2) is 5.82 Å². The van der Waals surface area contributed by atoms with Crippen LogP contribution in [0.2, 0.25) is 0 Å². The Labute approximate surface area is 211 Å². The number of fused-ring (bicyclic) bond motifs is 1. The Bertz CT molecular complexity index is 1370. The largest absolute Gasteiger partial charge is 0.497 e. The van der Waals surface area contributed by atoms with Gasteiger partial charge >= 0.3 is 0 Å². The molecule has 1 fully saturated rings. The number of rotatable bonds is 9. The highest BCUT2D eigenvalue weighted by Gasteiger charge is 2.32. The molecule has 4 aromatic rings. The summed E-state index contributed by atoms with van der Waals surface area (Å²) < 4.78 is 7.18. The van der Waals surface area contributed by atoms with E-state index in [0.717, 1.165) is 58.4 Å². The molecular formula is C28H34N6O2. The standard InChI is InChI=1S/C28H34N6O2/c1-4-26(27-30-31-32-34(27)17-20-10-13-24(36-3)14-11-20)33(23-7-5-6-8-23)18-22-16-21-12-9-19(2)15-25(21)29-28(22)35/h9-16,23,26H,4-8,17-18H2,1-3H3,(H,29,35)/t26-/m0/s1. The highest BCUT2D eigenvalue weighted by atomic mass is 16.5. The fourth-order valence-electron chi connectivity index (χ4n) is 5.44. The van der Waals surface area contributed by atoms with E-state index < -0.39 is 0 Å². The predicted molar refractivity (Wildman–Crippen MR) is 140 cm³/mol. The lowest BCUT2D eigenvalue weighted by molar-refractivity contribution is 0.112. The highest BCUT2D eigenvalue weighted by molar-refractivity contribution is 5.79. The molecule has 2 aromatic heterocycles. The van der Waals surface area contributed by atoms with E-state index in [9.17, 15) is 4.79 Å². The molecule has 8 heteroatoms. The molecule has 0 aliphatic heterocycles. The minimum atomic E-state index is -0.0243. The van der Waals surface area contributed by atoms with E-state index in [1.165, 1.54) is 12.8 Å². The lowest BCUT2D eigenvalue weighted by atomic mass is 10.0. The van der Waals surface area contributed by atoms with E-state index in [4.69, 9.17) is 4.74 Å². The van der Waals surface area contributed by atoms with Crippen LogP contribution in [0.3, 0.4) is 0 Å². The number of aromatic amines is 1. The van der Waals surface area contributed by atoms with Crippen LogP contribution in [-0.2, 0) is 13.1 Å². The normalized spacial score (nSPS) is 15.1. The van der Waals surface area contributed by atoms with Gasteiger partial charge in [-0.1, -0.05) is 44.0 Å². The summed E-state index contributed by atoms with van der Waals surface area (Å²) >= 11 is 0. The maximum absolute atomic E-state index is 13.1. The molecule has 0 amide bonds. The van der Waals surface area contributed by atoms with Crippen molar-refractivity contribution < 1.29 is 4.74 Å². The SMILES string of the molecule is CC[C@@H](c1nnnn1Cc1ccc(OC)cc1)N(Cc1cc2ccc(C)cc2[nH]c1=O)C1CCCC1. The van der Waals surface area contributed by atoms with Crippen molar-refractivity contribution in [3.63, 3.8) is 0 Å². The zero-order chi connectivity index (χ0) is 25.1. The average Bonchev–Trinajstić information content (AvgIpc) is 3.58. The molecular weight excluding hydrogens is 452 g/mol. The molecule has 0 saturated heterocycles. The zero-order valence-corrected chi connectivity index (χ0v) is 21.3. The molecule has 0 bridgehead atoms. The summed E-state index contributed by atoms with van der Waals surface area (Å²) in [6.45, 7) is 5.36. The van der Waals surface area contributed by atoms with Crippen molar-refractivity contribution in [1.82, 2.24) is 30.1 Å². The summed E-state index contributed by atoms with van der Waals surface area (Å²) in [5.41, 5.74) is 3.88. The third-order valence-electron chi connectivity index (χ3n) is 7.36. The van der Waals surface area contributed by atoms with E-state index in [1.54, 1.807) is 7.11 Å². The third-order valence-corrected chi connectivity index (χ3v) is 7.36. The minimum absolute atomic E-state index is 0.00876. The lowest BCUT2D eigenvalue weighted by Gasteiger charge is -2.35. The van der Waals surface area contributed by atoms with Crippen LogP contribution in [0.5, 0.6) is 5.75 Å². The second-order valence-electron chi connectivity index (χ2n) is 9.79. The monoisotopic (exact) mass is 486 g/mol. The first-order chi connectivity index (χ1) is 17.6. The van der Waals surface area contributed by atoms with Crippen molar-refractivity contribution >= 4 is 10.9 Å². The maximum Gasteiger partial charge on any atom is 0.252 e. The Hall–Kier alpha value is -3.52. The Kier molecular flexibility index (Phi) is 7.13. The van der Waals surface area contributed by atoms with Crippen LogP contribution < -0.4 is 10.3 Å². The highest BCUT2D eigenvalue weighted by Crippen LogP contribution is 2.33. The van der Waals surface area contributed by atoms with Crippen molar-refractivity contribution in [1.29, 1.82) is 0 Å². The van der Waals surface area contributed by atoms with Crippen molar-refractivity contribution in [2.45, 2.75) is 71.1 Å². The molecule has 1 saturated carbocycles. The molecule has 0 spiro atoms. The van der Waals surface area contributed by atoms with Crippen LogP contribution in [0.4, 0.5) is 0 Å². The van der Waals surface area contributed by atoms with Gasteiger partial charge in [-0.25, -0.2) is 4.68 Å². The van der Waals surface area contributed by atoms with Crippen LogP contribution in [0, 0.1) is 6.92 Å². The van der Waals surface area contributed by atoms with Gasteiger partial charge in [0, 0.05) is 23.7 Å². The van der Waals surface area contributed by atoms with Crippen LogP contribution in [0.15, 0.2) is 53.3 Å². The van der Waals surface area contributed by atoms with Gasteiger partial charge in [-0.05, 0) is 77.4 Å². The summed E-state index contributed by atoms with van der Waals surface area (Å²) in [5.74, 6) is 1.67. The smallest absolute Gasteiger partial charge is 0.252 e. The molecule has 1 N–H and O–H groups in total. The molecule has 0 unspecified atom stereocenters. The molecule has 5 rings (SSSR count). The fraction of sp³-hybridized carbons (Fsp3) is 0.429. The maximum atomic E-state index is 13.1. The second kappa shape index (κ2) is 10.6. The number of hydrogen-bond donors (Lipinski definition) is 1. The van der Waals surface area contributed by atoms with Crippen molar-refractivity contribution in [3.8, 4) is 5.75 Å². The first kappa shape index (κ1) is 24.2. The van der Waals surface area contributed by atoms with E-state index in [0.29, 0.717) is 19.1 Å². The van der Waals surface area contributed by atoms with Gasteiger partial charge in [-0.3, -0.25) is 9.69 Å². The van der Waals surface area contributed by atoms with E-state index in [-0.39, 0.29) is 11.6 Å². The van der Waals surface area contributed by atoms with Crippen LogP contribution >= 0.6 is 0 Å². The van der Waals surface area contributed by atoms with Gasteiger partial charge < -0.3 is 9.72 Å². The molecule has 2 heterocycles. The van der Waals surface area contributed by atoms with Gasteiger partial charge in [0.05, 0.1) is 19.7 Å². The molecule has 1 atom stereocenters. The zero-order valence-electron chi connectivity index (χ0n) is 21.3. The first-order valence-corrected chi connectivity index (χ1v) is 12.8. The van der Waals surface area contributed by atoms with Gasteiger partial charge in [-0.2, -0.15) is 0 Å². The summed E-state index contributed by atoms with van der Waals surface area (Å²) in [6.07, 6.45) is 5.52. The number of methoxy groups -OCH3 is 1. The number of benzene rings is 2. The molecule has 2 aromatic carbocycles. The van der Waals surface area contributed by atoms with Gasteiger partial charge in [0.1, 0.15) is 5.75 Å². The summed E-state index contributed by atoms with van der Waals surface area (Å²) in [7, 11) is 1.67. The molecule has 1 aliphatic carbocycles. The number of hydrogen-bond acceptors (Lipinski definition) is 6. The Balaban J connectivity index is 1.47. The topological polar surface area (TPSA) is 88.9 Å². The van der Waals surface area contributed by atoms with Gasteiger partial charge in [0.25, 0.3) is 5.56 Å². The number of aromatic nitrogens is 5. The number of pyridine rings is 1. The van der Waals surface area contributed by atoms with E-state index >= 15 is 0 Å². The minimum Gasteiger partial charge on any atom is -0.497 e. The molecule has 0 radical (unpaired) electrons. The quantitative estimate of drug-likeness (QED) is 0.366. The first-order valence-electron chi connectivity index (χ1n) is 12.8. The lowest BCUT2D eigenvalue weighted by Crippen LogP contribution is -2.39. The average molecular weight is 487 g/mol. The summed E-state index contributed by atoms with van der Waals surface area (Å²) in [5, 5.41) is 13.9. The third kappa shape index (κ3) is 5.04. The number of ether oxygens (including phenoxy) is 1. The van der Waals surface area contributed by atoms with Crippen LogP contribution in [0.25, 0.3) is 10.9 Å². The Morgan fingerprint density at radius 3 is 2.64 bits per heavy atom. The van der Waals surface area contributed by atoms with Gasteiger partial charge in [-0.15, -0.1) is 5.10 Å². The number of nitrogens with zero attached hydrogens (tertiary/aromatic N) is 5. The Morgan fingerprint density at radius 1 is 1.14 bits per heavy atom. The van der Waals surface area contributed by atoms with Crippen molar-refractivity contribution in [2.75, 3.05) is 7.11 Å². The van der Waals surface area contributed by atoms with Crippen LogP contribution in [0.1, 0.15) is 67.6 Å². The van der Waals surface area contributed by atoms with Crippen LogP contribution in [-0.4, -0.2) is 43.2 Å². The fourth-order valence-corrected chi connectivity index (χ4v) is 5.44. The molecule has 188 valence electrons. The molecule has 8 nitrogen and oxygen atoms in total.